The van der Waals surface area contributed by atoms with Gasteiger partial charge in [-0.2, -0.15) is 0 Å². The molecule has 0 saturated heterocycles. The first-order valence-corrected chi connectivity index (χ1v) is 16.6. The lowest BCUT2D eigenvalue weighted by Gasteiger charge is -2.34. The molecule has 0 radical (unpaired) electrons. The van der Waals surface area contributed by atoms with E-state index in [4.69, 9.17) is 16.3 Å². The lowest BCUT2D eigenvalue weighted by atomic mass is 10.1. The zero-order valence-corrected chi connectivity index (χ0v) is 26.5. The largest absolute Gasteiger partial charge is 0.492 e. The molecule has 1 fully saturated rings. The molecule has 0 aromatic heterocycles. The molecule has 1 N–H and O–H groups in total. The van der Waals surface area contributed by atoms with Gasteiger partial charge in [0.15, 0.2) is 0 Å². The lowest BCUT2D eigenvalue weighted by Crippen LogP contribution is -2.53. The van der Waals surface area contributed by atoms with Crippen LogP contribution in [0, 0.1) is 6.92 Å². The first-order valence-electron chi connectivity index (χ1n) is 14.8. The van der Waals surface area contributed by atoms with Gasteiger partial charge in [-0.05, 0) is 75.1 Å². The summed E-state index contributed by atoms with van der Waals surface area (Å²) in [4.78, 5) is 29.4. The number of carbonyl (C=O) groups excluding carboxylic acids is 2. The number of para-hydroxylation sites is 2. The predicted molar refractivity (Wildman–Crippen MR) is 170 cm³/mol. The third-order valence-electron chi connectivity index (χ3n) is 7.68. The van der Waals surface area contributed by atoms with Gasteiger partial charge in [-0.3, -0.25) is 13.9 Å². The lowest BCUT2D eigenvalue weighted by molar-refractivity contribution is -0.140. The van der Waals surface area contributed by atoms with E-state index in [0.717, 1.165) is 41.1 Å². The van der Waals surface area contributed by atoms with Gasteiger partial charge in [0.05, 0.1) is 17.2 Å². The van der Waals surface area contributed by atoms with Crippen molar-refractivity contribution in [2.24, 2.45) is 0 Å². The molecule has 0 bridgehead atoms. The Morgan fingerprint density at radius 3 is 2.26 bits per heavy atom. The number of nitrogens with zero attached hydrogens (tertiary/aromatic N) is 2. The molecule has 43 heavy (non-hydrogen) atoms. The second-order valence-electron chi connectivity index (χ2n) is 10.8. The van der Waals surface area contributed by atoms with E-state index in [2.05, 4.69) is 5.32 Å². The topological polar surface area (TPSA) is 96.0 Å². The number of rotatable bonds is 13. The summed E-state index contributed by atoms with van der Waals surface area (Å²) in [5.41, 5.74) is 2.14. The van der Waals surface area contributed by atoms with Crippen molar-refractivity contribution < 1.29 is 22.7 Å². The minimum atomic E-state index is -4.24. The number of ether oxygens (including phenoxy) is 1. The van der Waals surface area contributed by atoms with E-state index >= 15 is 0 Å². The van der Waals surface area contributed by atoms with E-state index in [-0.39, 0.29) is 29.1 Å². The summed E-state index contributed by atoms with van der Waals surface area (Å²) in [6, 6.07) is 19.6. The Balaban J connectivity index is 1.75. The van der Waals surface area contributed by atoms with Crippen LogP contribution in [0.5, 0.6) is 5.75 Å². The molecule has 0 spiro atoms. The van der Waals surface area contributed by atoms with Crippen LogP contribution in [-0.4, -0.2) is 50.4 Å². The van der Waals surface area contributed by atoms with E-state index in [1.807, 2.05) is 38.1 Å². The van der Waals surface area contributed by atoms with Gasteiger partial charge in [0.1, 0.15) is 18.3 Å². The number of sulfonamides is 1. The Labute approximate surface area is 260 Å². The van der Waals surface area contributed by atoms with Crippen molar-refractivity contribution in [1.29, 1.82) is 0 Å². The van der Waals surface area contributed by atoms with Gasteiger partial charge in [0, 0.05) is 17.6 Å². The number of aryl methyl sites for hydroxylation is 1. The fraction of sp³-hybridized carbons (Fsp3) is 0.394. The Kier molecular flexibility index (Phi) is 11.1. The normalized spacial score (nSPS) is 14.2. The highest BCUT2D eigenvalue weighted by Gasteiger charge is 2.35. The van der Waals surface area contributed by atoms with Gasteiger partial charge >= 0.3 is 0 Å². The van der Waals surface area contributed by atoms with Crippen LogP contribution >= 0.6 is 11.6 Å². The third kappa shape index (κ3) is 8.09. The number of carbonyl (C=O) groups is 2. The van der Waals surface area contributed by atoms with Crippen LogP contribution in [-0.2, 0) is 26.2 Å². The maximum Gasteiger partial charge on any atom is 0.264 e. The summed E-state index contributed by atoms with van der Waals surface area (Å²) in [5, 5.41) is 3.52. The number of nitrogens with one attached hydrogen (secondary N) is 1. The first-order chi connectivity index (χ1) is 20.6. The van der Waals surface area contributed by atoms with Gasteiger partial charge in [0.2, 0.25) is 11.8 Å². The van der Waals surface area contributed by atoms with E-state index in [9.17, 15) is 18.0 Å². The minimum Gasteiger partial charge on any atom is -0.492 e. The van der Waals surface area contributed by atoms with Crippen molar-refractivity contribution >= 4 is 39.1 Å². The van der Waals surface area contributed by atoms with Crippen LogP contribution < -0.4 is 14.4 Å². The van der Waals surface area contributed by atoms with Gasteiger partial charge in [-0.25, -0.2) is 8.42 Å². The zero-order chi connectivity index (χ0) is 31.0. The third-order valence-corrected chi connectivity index (χ3v) is 9.70. The van der Waals surface area contributed by atoms with Crippen LogP contribution in [0.1, 0.15) is 57.1 Å². The Morgan fingerprint density at radius 1 is 0.977 bits per heavy atom. The number of hydrogen-bond donors (Lipinski definition) is 1. The van der Waals surface area contributed by atoms with Gasteiger partial charge in [-0.1, -0.05) is 73.3 Å². The maximum atomic E-state index is 14.3. The molecular weight excluding hydrogens is 586 g/mol. The molecule has 1 saturated carbocycles. The summed E-state index contributed by atoms with van der Waals surface area (Å²) in [5.74, 6) is -0.402. The molecule has 4 rings (SSSR count). The summed E-state index contributed by atoms with van der Waals surface area (Å²) < 4.78 is 35.1. The highest BCUT2D eigenvalue weighted by Crippen LogP contribution is 2.33. The number of amides is 2. The average Bonchev–Trinajstić information content (AvgIpc) is 3.50. The molecule has 10 heteroatoms. The van der Waals surface area contributed by atoms with Crippen molar-refractivity contribution in [1.82, 2.24) is 10.2 Å². The van der Waals surface area contributed by atoms with Crippen molar-refractivity contribution in [3.8, 4) is 5.75 Å². The molecule has 1 aliphatic rings. The number of benzene rings is 3. The zero-order valence-electron chi connectivity index (χ0n) is 25.0. The van der Waals surface area contributed by atoms with Crippen LogP contribution in [0.3, 0.4) is 0 Å². The smallest absolute Gasteiger partial charge is 0.264 e. The van der Waals surface area contributed by atoms with Crippen molar-refractivity contribution in [3.63, 3.8) is 0 Å². The fourth-order valence-electron chi connectivity index (χ4n) is 5.37. The van der Waals surface area contributed by atoms with E-state index in [1.165, 1.54) is 29.2 Å². The number of halogens is 1. The Morgan fingerprint density at radius 2 is 1.63 bits per heavy atom. The average molecular weight is 626 g/mol. The molecule has 3 aromatic carbocycles. The van der Waals surface area contributed by atoms with Crippen molar-refractivity contribution in [2.45, 2.75) is 76.4 Å². The van der Waals surface area contributed by atoms with Gasteiger partial charge in [-0.15, -0.1) is 0 Å². The molecule has 1 aliphatic carbocycles. The molecule has 2 amide bonds. The highest BCUT2D eigenvalue weighted by atomic mass is 35.5. The number of anilines is 1. The summed E-state index contributed by atoms with van der Waals surface area (Å²) in [7, 11) is -4.24. The fourth-order valence-corrected chi connectivity index (χ4v) is 6.92. The van der Waals surface area contributed by atoms with Crippen molar-refractivity contribution in [3.05, 3.63) is 88.9 Å². The van der Waals surface area contributed by atoms with Gasteiger partial charge < -0.3 is 15.0 Å². The maximum absolute atomic E-state index is 14.3. The monoisotopic (exact) mass is 625 g/mol. The minimum absolute atomic E-state index is 0.0212. The van der Waals surface area contributed by atoms with E-state index in [0.29, 0.717) is 23.8 Å². The van der Waals surface area contributed by atoms with Gasteiger partial charge in [0.25, 0.3) is 10.0 Å². The summed E-state index contributed by atoms with van der Waals surface area (Å²) in [6.07, 6.45) is 4.31. The van der Waals surface area contributed by atoms with Crippen LogP contribution in [0.2, 0.25) is 5.02 Å². The van der Waals surface area contributed by atoms with E-state index < -0.39 is 28.5 Å². The predicted octanol–water partition coefficient (Wildman–Crippen LogP) is 6.11. The van der Waals surface area contributed by atoms with Crippen LogP contribution in [0.25, 0.3) is 0 Å². The second-order valence-corrected chi connectivity index (χ2v) is 13.1. The van der Waals surface area contributed by atoms with Crippen LogP contribution in [0.4, 0.5) is 5.69 Å². The highest BCUT2D eigenvalue weighted by molar-refractivity contribution is 7.92. The first kappa shape index (κ1) is 32.4. The van der Waals surface area contributed by atoms with E-state index in [1.54, 1.807) is 31.2 Å². The molecule has 8 nitrogen and oxygen atoms in total. The Hall–Kier alpha value is -3.56. The summed E-state index contributed by atoms with van der Waals surface area (Å²) in [6.45, 7) is 5.56. The Bertz CT molecular complexity index is 1490. The molecule has 3 aromatic rings. The molecule has 1 atom stereocenters. The molecule has 0 unspecified atom stereocenters. The SMILES string of the molecule is CCOc1ccccc1N(CC(=O)N(Cc1ccc(C)cc1)[C@@H](CC)C(=O)NC1CCCC1)S(=O)(=O)c1ccc(Cl)cc1. The molecule has 0 aliphatic heterocycles. The quantitative estimate of drug-likeness (QED) is 0.247. The molecule has 230 valence electrons. The molecular formula is C33H40ClN3O5S. The second kappa shape index (κ2) is 14.8. The molecule has 0 heterocycles. The van der Waals surface area contributed by atoms with Crippen LogP contribution in [0.15, 0.2) is 77.7 Å². The summed E-state index contributed by atoms with van der Waals surface area (Å²) >= 11 is 6.05. The standard InChI is InChI=1S/C33H40ClN3O5S/c1-4-29(33(39)35-27-10-6-7-11-27)36(22-25-16-14-24(3)15-17-25)32(38)23-37(30-12-8-9-13-31(30)42-5-2)43(40,41)28-20-18-26(34)19-21-28/h8-9,12-21,27,29H,4-7,10-11,22-23H2,1-3H3,(H,35,39)/t29-/m0/s1. The van der Waals surface area contributed by atoms with Crippen molar-refractivity contribution in [2.75, 3.05) is 17.5 Å². The number of hydrogen-bond acceptors (Lipinski definition) is 5.